The molecule has 0 radical (unpaired) electrons. The smallest absolute Gasteiger partial charge is 0.340 e. The summed E-state index contributed by atoms with van der Waals surface area (Å²) in [6.07, 6.45) is 0. The van der Waals surface area contributed by atoms with Gasteiger partial charge in [-0.05, 0) is 4.91 Å². The lowest BCUT2D eigenvalue weighted by Crippen LogP contribution is -2.15. The quantitative estimate of drug-likeness (QED) is 0.376. The van der Waals surface area contributed by atoms with Crippen molar-refractivity contribution in [1.29, 1.82) is 0 Å². The van der Waals surface area contributed by atoms with E-state index in [1.54, 1.807) is 0 Å². The molecule has 0 saturated carbocycles. The maximum absolute atomic E-state index is 11.1. The Morgan fingerprint density at radius 1 is 1.50 bits per heavy atom. The second-order valence-corrected chi connectivity index (χ2v) is 2.98. The molecule has 0 unspecified atom stereocenters. The summed E-state index contributed by atoms with van der Waals surface area (Å²) in [6, 6.07) is 1.87. The average Bonchev–Trinajstić information content (AvgIpc) is 2.59. The standard InChI is InChI=1S/C7H4N4O5/c12-7(13)4-1-3(11(15)16)2-5-6(4)8-9-10(5)14/h1-2H,(H2-,8,9,12,13,14)/p+1. The SMILES string of the molecule is O=C(O)c1cc([N+](=O)[O-])cc2c1[nH][nH][n+]2=O. The van der Waals surface area contributed by atoms with E-state index in [2.05, 4.69) is 10.3 Å². The number of aromatic nitrogens is 3. The van der Waals surface area contributed by atoms with Crippen molar-refractivity contribution >= 4 is 22.7 Å². The van der Waals surface area contributed by atoms with Crippen LogP contribution >= 0.6 is 0 Å². The molecule has 0 aliphatic heterocycles. The molecule has 16 heavy (non-hydrogen) atoms. The molecule has 0 aliphatic carbocycles. The van der Waals surface area contributed by atoms with Gasteiger partial charge in [-0.15, -0.1) is 0 Å². The van der Waals surface area contributed by atoms with Crippen LogP contribution in [0.2, 0.25) is 0 Å². The lowest BCUT2D eigenvalue weighted by molar-refractivity contribution is -0.538. The number of hydrogen-bond acceptors (Lipinski definition) is 4. The number of non-ortho nitro benzene ring substituents is 1. The van der Waals surface area contributed by atoms with Crippen molar-refractivity contribution in [2.24, 2.45) is 0 Å². The molecule has 1 aromatic heterocycles. The fourth-order valence-corrected chi connectivity index (χ4v) is 1.34. The van der Waals surface area contributed by atoms with Crippen molar-refractivity contribution in [2.45, 2.75) is 0 Å². The molecule has 1 heterocycles. The van der Waals surface area contributed by atoms with Gasteiger partial charge < -0.3 is 5.11 Å². The van der Waals surface area contributed by atoms with E-state index < -0.39 is 16.6 Å². The Morgan fingerprint density at radius 2 is 2.19 bits per heavy atom. The minimum Gasteiger partial charge on any atom is -0.478 e. The fourth-order valence-electron chi connectivity index (χ4n) is 1.34. The predicted octanol–water partition coefficient (Wildman–Crippen LogP) is 0.0169. The molecule has 0 atom stereocenters. The number of nitrogens with zero attached hydrogens (tertiary/aromatic N) is 2. The van der Waals surface area contributed by atoms with Gasteiger partial charge in [0.1, 0.15) is 5.56 Å². The van der Waals surface area contributed by atoms with Crippen molar-refractivity contribution < 1.29 is 19.4 Å². The lowest BCUT2D eigenvalue weighted by Gasteiger charge is -1.92. The second kappa shape index (κ2) is 3.15. The van der Waals surface area contributed by atoms with Gasteiger partial charge in [-0.1, -0.05) is 5.21 Å². The van der Waals surface area contributed by atoms with E-state index in [4.69, 9.17) is 5.11 Å². The molecule has 2 aromatic rings. The molecule has 0 amide bonds. The van der Waals surface area contributed by atoms with E-state index >= 15 is 0 Å². The number of H-pyrrole nitrogens is 2. The Hall–Kier alpha value is -2.71. The van der Waals surface area contributed by atoms with Crippen molar-refractivity contribution in [3.63, 3.8) is 0 Å². The molecule has 3 N–H and O–H groups in total. The lowest BCUT2D eigenvalue weighted by atomic mass is 10.1. The largest absolute Gasteiger partial charge is 0.478 e. The number of aromatic amines is 2. The highest BCUT2D eigenvalue weighted by molar-refractivity contribution is 6.00. The Labute approximate surface area is 86.0 Å². The van der Waals surface area contributed by atoms with Gasteiger partial charge >= 0.3 is 5.97 Å². The van der Waals surface area contributed by atoms with E-state index in [-0.39, 0.29) is 21.1 Å². The minimum atomic E-state index is -1.36. The number of carboxylic acid groups (broad SMARTS) is 1. The van der Waals surface area contributed by atoms with Crippen LogP contribution in [0, 0.1) is 15.0 Å². The Kier molecular flexibility index (Phi) is 1.94. The van der Waals surface area contributed by atoms with Gasteiger partial charge in [0.05, 0.1) is 15.5 Å². The fraction of sp³-hybridized carbons (Fsp3) is 0. The van der Waals surface area contributed by atoms with Gasteiger partial charge in [0.2, 0.25) is 5.52 Å². The summed E-state index contributed by atoms with van der Waals surface area (Å²) in [5.41, 5.74) is -0.919. The first kappa shape index (κ1) is 9.83. The summed E-state index contributed by atoms with van der Waals surface area (Å²) in [4.78, 5) is 31.7. The summed E-state index contributed by atoms with van der Waals surface area (Å²) in [5, 5.41) is 23.8. The molecular weight excluding hydrogens is 220 g/mol. The number of benzene rings is 1. The first-order chi connectivity index (χ1) is 7.50. The van der Waals surface area contributed by atoms with Crippen LogP contribution in [0.15, 0.2) is 12.1 Å². The molecule has 1 aromatic carbocycles. The maximum Gasteiger partial charge on any atom is 0.340 e. The third-order valence-corrected chi connectivity index (χ3v) is 2.04. The van der Waals surface area contributed by atoms with Crippen LogP contribution < -0.4 is 4.54 Å². The number of nitro benzene ring substituents is 1. The Morgan fingerprint density at radius 3 is 2.75 bits per heavy atom. The van der Waals surface area contributed by atoms with E-state index in [9.17, 15) is 19.8 Å². The highest BCUT2D eigenvalue weighted by Crippen LogP contribution is 2.20. The van der Waals surface area contributed by atoms with Gasteiger partial charge in [0.25, 0.3) is 11.2 Å². The maximum atomic E-state index is 11.1. The number of nitrogens with one attached hydrogen (secondary N) is 2. The predicted molar refractivity (Wildman–Crippen MR) is 49.6 cm³/mol. The van der Waals surface area contributed by atoms with Crippen LogP contribution in [0.25, 0.3) is 11.0 Å². The zero-order valence-corrected chi connectivity index (χ0v) is 7.63. The number of carboxylic acids is 1. The van der Waals surface area contributed by atoms with Crippen molar-refractivity contribution in [3.8, 4) is 0 Å². The van der Waals surface area contributed by atoms with Crippen LogP contribution in [0.5, 0.6) is 0 Å². The van der Waals surface area contributed by atoms with Crippen molar-refractivity contribution in [3.05, 3.63) is 32.7 Å². The molecule has 9 heteroatoms. The summed E-state index contributed by atoms with van der Waals surface area (Å²) < 4.78 is 0.217. The monoisotopic (exact) mass is 225 g/mol. The molecule has 82 valence electrons. The third-order valence-electron chi connectivity index (χ3n) is 2.04. The molecule has 0 aliphatic rings. The summed E-state index contributed by atoms with van der Waals surface area (Å²) in [5.74, 6) is -1.36. The molecular formula is C7H5N4O5+. The Balaban J connectivity index is 2.91. The van der Waals surface area contributed by atoms with Gasteiger partial charge in [-0.2, -0.15) is 5.10 Å². The normalized spacial score (nSPS) is 10.5. The average molecular weight is 225 g/mol. The topological polar surface area (TPSA) is 135 Å². The van der Waals surface area contributed by atoms with E-state index in [0.29, 0.717) is 0 Å². The van der Waals surface area contributed by atoms with Crippen LogP contribution in [-0.2, 0) is 0 Å². The van der Waals surface area contributed by atoms with Crippen LogP contribution in [0.3, 0.4) is 0 Å². The van der Waals surface area contributed by atoms with Gasteiger partial charge in [-0.25, -0.2) is 4.79 Å². The van der Waals surface area contributed by atoms with Crippen LogP contribution in [-0.4, -0.2) is 26.3 Å². The molecule has 0 bridgehead atoms. The summed E-state index contributed by atoms with van der Waals surface area (Å²) in [7, 11) is 0. The number of nitro groups is 1. The molecule has 0 spiro atoms. The number of fused-ring (bicyclic) bond motifs is 1. The zero-order chi connectivity index (χ0) is 11.9. The summed E-state index contributed by atoms with van der Waals surface area (Å²) in [6.45, 7) is 0. The first-order valence-corrected chi connectivity index (χ1v) is 4.05. The van der Waals surface area contributed by atoms with Gasteiger partial charge in [0.15, 0.2) is 0 Å². The first-order valence-electron chi connectivity index (χ1n) is 4.05. The van der Waals surface area contributed by atoms with Crippen LogP contribution in [0.1, 0.15) is 10.4 Å². The minimum absolute atomic E-state index is 0.00750. The third kappa shape index (κ3) is 1.30. The molecule has 9 nitrogen and oxygen atoms in total. The van der Waals surface area contributed by atoms with Crippen molar-refractivity contribution in [1.82, 2.24) is 10.3 Å². The molecule has 2 rings (SSSR count). The van der Waals surface area contributed by atoms with Crippen molar-refractivity contribution in [2.75, 3.05) is 0 Å². The highest BCUT2D eigenvalue weighted by atomic mass is 16.6. The van der Waals surface area contributed by atoms with E-state index in [0.717, 1.165) is 12.1 Å². The zero-order valence-electron chi connectivity index (χ0n) is 7.63. The number of rotatable bonds is 2. The number of carbonyl (C=O) groups is 1. The van der Waals surface area contributed by atoms with Crippen LogP contribution in [0.4, 0.5) is 5.69 Å². The Bertz CT molecular complexity index is 654. The summed E-state index contributed by atoms with van der Waals surface area (Å²) >= 11 is 0. The van der Waals surface area contributed by atoms with Gasteiger partial charge in [-0.3, -0.25) is 10.1 Å². The number of hydrogen-bond donors (Lipinski definition) is 3. The number of aromatic carboxylic acids is 1. The molecule has 0 saturated heterocycles. The highest BCUT2D eigenvalue weighted by Gasteiger charge is 2.23. The molecule has 0 fully saturated rings. The van der Waals surface area contributed by atoms with Gasteiger partial charge in [0, 0.05) is 6.07 Å². The second-order valence-electron chi connectivity index (χ2n) is 2.98. The van der Waals surface area contributed by atoms with E-state index in [1.165, 1.54) is 0 Å². The van der Waals surface area contributed by atoms with E-state index in [1.807, 2.05) is 0 Å².